The van der Waals surface area contributed by atoms with Gasteiger partial charge in [-0.1, -0.05) is 6.92 Å². The van der Waals surface area contributed by atoms with Crippen LogP contribution >= 0.6 is 0 Å². The molecule has 0 fully saturated rings. The van der Waals surface area contributed by atoms with Crippen LogP contribution in [0.25, 0.3) is 10.9 Å². The summed E-state index contributed by atoms with van der Waals surface area (Å²) in [6.45, 7) is 4.37. The van der Waals surface area contributed by atoms with Gasteiger partial charge in [0.15, 0.2) is 6.10 Å². The molecular weight excluding hydrogens is 270 g/mol. The molecule has 114 valence electrons. The maximum absolute atomic E-state index is 11.1. The lowest BCUT2D eigenvalue weighted by atomic mass is 10.2. The molecule has 2 N–H and O–H groups in total. The highest BCUT2D eigenvalue weighted by Crippen LogP contribution is 2.22. The van der Waals surface area contributed by atoms with Gasteiger partial charge in [0.1, 0.15) is 0 Å². The van der Waals surface area contributed by atoms with Crippen molar-refractivity contribution in [3.05, 3.63) is 24.4 Å². The van der Waals surface area contributed by atoms with E-state index in [1.807, 2.05) is 29.1 Å². The van der Waals surface area contributed by atoms with E-state index in [2.05, 4.69) is 29.0 Å². The summed E-state index contributed by atoms with van der Waals surface area (Å²) >= 11 is 0. The number of aliphatic hydroxyl groups excluding tert-OH is 1. The van der Waals surface area contributed by atoms with Gasteiger partial charge in [0, 0.05) is 17.1 Å². The number of aliphatic hydroxyl groups is 1. The number of rotatable bonds is 6. The quantitative estimate of drug-likeness (QED) is 0.796. The first-order valence-corrected chi connectivity index (χ1v) is 7.03. The summed E-state index contributed by atoms with van der Waals surface area (Å²) in [7, 11) is 1.25. The Balaban J connectivity index is 2.11. The van der Waals surface area contributed by atoms with Crippen LogP contribution in [0.5, 0.6) is 0 Å². The van der Waals surface area contributed by atoms with Crippen LogP contribution in [-0.4, -0.2) is 40.6 Å². The molecule has 0 aliphatic heterocycles. The highest BCUT2D eigenvalue weighted by Gasteiger charge is 2.15. The average molecular weight is 291 g/mol. The van der Waals surface area contributed by atoms with E-state index in [0.29, 0.717) is 6.04 Å². The monoisotopic (exact) mass is 291 g/mol. The van der Waals surface area contributed by atoms with E-state index < -0.39 is 12.1 Å². The van der Waals surface area contributed by atoms with Crippen molar-refractivity contribution >= 4 is 22.6 Å². The molecule has 0 amide bonds. The Morgan fingerprint density at radius 3 is 2.95 bits per heavy atom. The molecule has 21 heavy (non-hydrogen) atoms. The van der Waals surface area contributed by atoms with Gasteiger partial charge in [-0.15, -0.1) is 0 Å². The topological polar surface area (TPSA) is 76.4 Å². The van der Waals surface area contributed by atoms with Crippen LogP contribution in [-0.2, 0) is 9.53 Å². The SMILES string of the molecule is CCC(C)n1ncc2cc(NC[C@@H](O)C(=O)OC)ccc21. The summed E-state index contributed by atoms with van der Waals surface area (Å²) < 4.78 is 6.47. The number of anilines is 1. The van der Waals surface area contributed by atoms with Crippen LogP contribution in [0.1, 0.15) is 26.3 Å². The first kappa shape index (κ1) is 15.3. The predicted octanol–water partition coefficient (Wildman–Crippen LogP) is 1.95. The lowest BCUT2D eigenvalue weighted by molar-refractivity contribution is -0.149. The van der Waals surface area contributed by atoms with E-state index in [4.69, 9.17) is 0 Å². The number of esters is 1. The lowest BCUT2D eigenvalue weighted by Crippen LogP contribution is -2.29. The molecule has 1 unspecified atom stereocenters. The number of fused-ring (bicyclic) bond motifs is 1. The van der Waals surface area contributed by atoms with Crippen LogP contribution < -0.4 is 5.32 Å². The Labute approximate surface area is 123 Å². The molecule has 6 heteroatoms. The molecule has 1 aromatic heterocycles. The third-order valence-corrected chi connectivity index (χ3v) is 3.58. The number of hydrogen-bond donors (Lipinski definition) is 2. The Morgan fingerprint density at radius 2 is 2.29 bits per heavy atom. The normalized spacial score (nSPS) is 13.9. The number of benzene rings is 1. The molecule has 1 heterocycles. The van der Waals surface area contributed by atoms with E-state index in [9.17, 15) is 9.90 Å². The molecule has 0 radical (unpaired) electrons. The van der Waals surface area contributed by atoms with E-state index in [-0.39, 0.29) is 6.54 Å². The van der Waals surface area contributed by atoms with Gasteiger partial charge in [-0.05, 0) is 31.5 Å². The molecule has 2 rings (SSSR count). The van der Waals surface area contributed by atoms with Gasteiger partial charge in [-0.2, -0.15) is 5.10 Å². The van der Waals surface area contributed by atoms with Gasteiger partial charge in [0.2, 0.25) is 0 Å². The summed E-state index contributed by atoms with van der Waals surface area (Å²) in [5, 5.41) is 18.0. The molecule has 2 aromatic rings. The number of carbonyl (C=O) groups is 1. The molecule has 0 aliphatic carbocycles. The minimum Gasteiger partial charge on any atom is -0.467 e. The Hall–Kier alpha value is -2.08. The Morgan fingerprint density at radius 1 is 1.52 bits per heavy atom. The van der Waals surface area contributed by atoms with E-state index in [0.717, 1.165) is 23.0 Å². The first-order valence-electron chi connectivity index (χ1n) is 7.03. The van der Waals surface area contributed by atoms with Crippen molar-refractivity contribution in [2.24, 2.45) is 0 Å². The summed E-state index contributed by atoms with van der Waals surface area (Å²) in [6.07, 6.45) is 1.67. The first-order chi connectivity index (χ1) is 10.1. The van der Waals surface area contributed by atoms with Gasteiger partial charge < -0.3 is 15.2 Å². The summed E-state index contributed by atoms with van der Waals surface area (Å²) in [5.74, 6) is -0.645. The third kappa shape index (κ3) is 3.33. The zero-order valence-electron chi connectivity index (χ0n) is 12.5. The van der Waals surface area contributed by atoms with Gasteiger partial charge in [0.25, 0.3) is 0 Å². The second kappa shape index (κ2) is 6.58. The van der Waals surface area contributed by atoms with E-state index in [1.54, 1.807) is 0 Å². The molecular formula is C15H21N3O3. The van der Waals surface area contributed by atoms with Crippen molar-refractivity contribution in [1.82, 2.24) is 9.78 Å². The van der Waals surface area contributed by atoms with Crippen molar-refractivity contribution in [1.29, 1.82) is 0 Å². The summed E-state index contributed by atoms with van der Waals surface area (Å²) in [4.78, 5) is 11.1. The minimum atomic E-state index is -1.17. The van der Waals surface area contributed by atoms with Crippen LogP contribution in [0.4, 0.5) is 5.69 Å². The summed E-state index contributed by atoms with van der Waals surface area (Å²) in [5.41, 5.74) is 1.90. The van der Waals surface area contributed by atoms with Crippen LogP contribution in [0.2, 0.25) is 0 Å². The number of nitrogens with zero attached hydrogens (tertiary/aromatic N) is 2. The second-order valence-electron chi connectivity index (χ2n) is 5.04. The molecule has 6 nitrogen and oxygen atoms in total. The highest BCUT2D eigenvalue weighted by atomic mass is 16.5. The van der Waals surface area contributed by atoms with Crippen LogP contribution in [0, 0.1) is 0 Å². The van der Waals surface area contributed by atoms with Crippen molar-refractivity contribution in [2.45, 2.75) is 32.4 Å². The minimum absolute atomic E-state index is 0.109. The molecule has 1 aromatic carbocycles. The summed E-state index contributed by atoms with van der Waals surface area (Å²) in [6, 6.07) is 6.20. The van der Waals surface area contributed by atoms with Crippen molar-refractivity contribution in [2.75, 3.05) is 19.0 Å². The average Bonchev–Trinajstić information content (AvgIpc) is 2.94. The highest BCUT2D eigenvalue weighted by molar-refractivity contribution is 5.83. The number of carbonyl (C=O) groups excluding carboxylic acids is 1. The second-order valence-corrected chi connectivity index (χ2v) is 5.04. The van der Waals surface area contributed by atoms with Gasteiger partial charge in [-0.25, -0.2) is 4.79 Å². The van der Waals surface area contributed by atoms with Crippen molar-refractivity contribution in [3.63, 3.8) is 0 Å². The molecule has 0 bridgehead atoms. The molecule has 0 saturated carbocycles. The fourth-order valence-electron chi connectivity index (χ4n) is 2.12. The number of nitrogens with one attached hydrogen (secondary N) is 1. The van der Waals surface area contributed by atoms with E-state index in [1.165, 1.54) is 7.11 Å². The number of ether oxygens (including phenoxy) is 1. The third-order valence-electron chi connectivity index (χ3n) is 3.58. The van der Waals surface area contributed by atoms with E-state index >= 15 is 0 Å². The number of methoxy groups -OCH3 is 1. The standard InChI is InChI=1S/C15H21N3O3/c1-4-10(2)18-13-6-5-12(7-11(13)8-17-18)16-9-14(19)15(20)21-3/h5-8,10,14,16,19H,4,9H2,1-3H3/t10?,14-/m1/s1. The largest absolute Gasteiger partial charge is 0.467 e. The molecule has 0 aliphatic rings. The predicted molar refractivity (Wildman–Crippen MR) is 81.2 cm³/mol. The van der Waals surface area contributed by atoms with Gasteiger partial charge >= 0.3 is 5.97 Å². The number of aromatic nitrogens is 2. The zero-order chi connectivity index (χ0) is 15.4. The fraction of sp³-hybridized carbons (Fsp3) is 0.467. The molecule has 0 spiro atoms. The van der Waals surface area contributed by atoms with Crippen molar-refractivity contribution < 1.29 is 14.6 Å². The number of hydrogen-bond acceptors (Lipinski definition) is 5. The van der Waals surface area contributed by atoms with Gasteiger partial charge in [0.05, 0.1) is 25.4 Å². The maximum atomic E-state index is 11.1. The Bertz CT molecular complexity index is 624. The van der Waals surface area contributed by atoms with Gasteiger partial charge in [-0.3, -0.25) is 4.68 Å². The van der Waals surface area contributed by atoms with Crippen LogP contribution in [0.15, 0.2) is 24.4 Å². The molecule has 2 atom stereocenters. The van der Waals surface area contributed by atoms with Crippen molar-refractivity contribution in [3.8, 4) is 0 Å². The van der Waals surface area contributed by atoms with Crippen LogP contribution in [0.3, 0.4) is 0 Å². The zero-order valence-corrected chi connectivity index (χ0v) is 12.5. The maximum Gasteiger partial charge on any atom is 0.336 e. The fourth-order valence-corrected chi connectivity index (χ4v) is 2.12. The Kier molecular flexibility index (Phi) is 4.80. The smallest absolute Gasteiger partial charge is 0.336 e. The lowest BCUT2D eigenvalue weighted by Gasteiger charge is -2.12. The molecule has 0 saturated heterocycles.